The van der Waals surface area contributed by atoms with Crippen molar-refractivity contribution in [3.8, 4) is 11.4 Å². The first-order valence-electron chi connectivity index (χ1n) is 20.3. The van der Waals surface area contributed by atoms with Crippen molar-refractivity contribution in [1.82, 2.24) is 39.0 Å². The van der Waals surface area contributed by atoms with E-state index in [1.807, 2.05) is 35.0 Å². The van der Waals surface area contributed by atoms with E-state index in [0.717, 1.165) is 51.0 Å². The van der Waals surface area contributed by atoms with Gasteiger partial charge in [0.2, 0.25) is 24.0 Å². The molecule has 17 heteroatoms. The lowest BCUT2D eigenvalue weighted by Crippen LogP contribution is -2.43. The predicted octanol–water partition coefficient (Wildman–Crippen LogP) is 6.32. The molecule has 0 radical (unpaired) electrons. The van der Waals surface area contributed by atoms with E-state index in [2.05, 4.69) is 37.6 Å². The Hall–Kier alpha value is -6.03. The molecule has 0 atom stereocenters. The van der Waals surface area contributed by atoms with Crippen molar-refractivity contribution in [2.75, 3.05) is 63.6 Å². The maximum atomic E-state index is 13.7. The summed E-state index contributed by atoms with van der Waals surface area (Å²) in [4.78, 5) is 69.7. The Labute approximate surface area is 362 Å². The Morgan fingerprint density at radius 1 is 0.967 bits per heavy atom. The van der Waals surface area contributed by atoms with Crippen LogP contribution in [0.1, 0.15) is 53.9 Å². The Bertz CT molecular complexity index is 2620. The van der Waals surface area contributed by atoms with Crippen molar-refractivity contribution in [3.63, 3.8) is 0 Å². The van der Waals surface area contributed by atoms with Gasteiger partial charge in [-0.05, 0) is 98.6 Å². The van der Waals surface area contributed by atoms with Crippen LogP contribution in [0.4, 0.5) is 17.3 Å². The summed E-state index contributed by atoms with van der Waals surface area (Å²) in [6, 6.07) is 18.9. The number of carbonyl (C=O) groups excluding carboxylic acids is 3. The van der Waals surface area contributed by atoms with Crippen molar-refractivity contribution < 1.29 is 19.1 Å². The van der Waals surface area contributed by atoms with Gasteiger partial charge in [-0.25, -0.2) is 14.5 Å². The fourth-order valence-electron chi connectivity index (χ4n) is 8.44. The van der Waals surface area contributed by atoms with Gasteiger partial charge in [0.15, 0.2) is 5.65 Å². The first-order valence-corrected chi connectivity index (χ1v) is 21.1. The van der Waals surface area contributed by atoms with Crippen LogP contribution in [0.3, 0.4) is 0 Å². The molecule has 0 saturated carbocycles. The number of anilines is 3. The fourth-order valence-corrected chi connectivity index (χ4v) is 9.01. The van der Waals surface area contributed by atoms with Gasteiger partial charge >= 0.3 is 0 Å². The highest BCUT2D eigenvalue weighted by atomic mass is 35.5. The summed E-state index contributed by atoms with van der Waals surface area (Å²) >= 11 is 13.0. The normalized spacial score (nSPS) is 15.2. The Morgan fingerprint density at radius 2 is 1.70 bits per heavy atom. The molecule has 0 aliphatic carbocycles. The number of nitrogens with one attached hydrogen (secondary N) is 2. The van der Waals surface area contributed by atoms with Gasteiger partial charge in [-0.1, -0.05) is 41.4 Å². The second-order valence-electron chi connectivity index (χ2n) is 15.5. The summed E-state index contributed by atoms with van der Waals surface area (Å²) in [5, 5.41) is 6.38. The third kappa shape index (κ3) is 8.90. The molecular formula is C44H46Cl2N10O5. The average molecular weight is 866 g/mol. The molecule has 61 heavy (non-hydrogen) atoms. The number of hydrogen-bond acceptors (Lipinski definition) is 11. The average Bonchev–Trinajstić information content (AvgIpc) is 3.77. The molecule has 2 saturated heterocycles. The van der Waals surface area contributed by atoms with E-state index < -0.39 is 0 Å². The van der Waals surface area contributed by atoms with Gasteiger partial charge in [0.25, 0.3) is 11.5 Å². The lowest BCUT2D eigenvalue weighted by atomic mass is 9.88. The summed E-state index contributed by atoms with van der Waals surface area (Å²) in [6.45, 7) is 4.87. The van der Waals surface area contributed by atoms with Crippen LogP contribution in [0.5, 0.6) is 5.75 Å². The third-order valence-corrected chi connectivity index (χ3v) is 12.4. The van der Waals surface area contributed by atoms with Crippen LogP contribution >= 0.6 is 23.2 Å². The third-order valence-electron chi connectivity index (χ3n) is 11.8. The van der Waals surface area contributed by atoms with E-state index >= 15 is 0 Å². The number of fused-ring (bicyclic) bond motifs is 3. The van der Waals surface area contributed by atoms with Gasteiger partial charge in [0, 0.05) is 69.5 Å². The van der Waals surface area contributed by atoms with Crippen molar-refractivity contribution in [2.45, 2.75) is 38.0 Å². The summed E-state index contributed by atoms with van der Waals surface area (Å²) in [5.41, 5.74) is 3.79. The largest absolute Gasteiger partial charge is 0.495 e. The highest BCUT2D eigenvalue weighted by Crippen LogP contribution is 2.33. The van der Waals surface area contributed by atoms with Crippen LogP contribution in [-0.2, 0) is 9.59 Å². The maximum absolute atomic E-state index is 13.7. The number of halogens is 2. The van der Waals surface area contributed by atoms with Crippen molar-refractivity contribution >= 4 is 75.6 Å². The number of para-hydroxylation sites is 1. The van der Waals surface area contributed by atoms with Crippen LogP contribution in [0, 0.1) is 5.92 Å². The zero-order valence-electron chi connectivity index (χ0n) is 33.9. The first kappa shape index (κ1) is 41.7. The molecule has 2 aliphatic rings. The Balaban J connectivity index is 0.831. The van der Waals surface area contributed by atoms with Crippen molar-refractivity contribution in [2.24, 2.45) is 5.92 Å². The quantitative estimate of drug-likeness (QED) is 0.125. The summed E-state index contributed by atoms with van der Waals surface area (Å²) < 4.78 is 8.63. The number of imidazole rings is 1. The van der Waals surface area contributed by atoms with Crippen LogP contribution < -0.4 is 25.8 Å². The van der Waals surface area contributed by atoms with E-state index in [0.29, 0.717) is 88.0 Å². The molecule has 5 heterocycles. The highest BCUT2D eigenvalue weighted by Gasteiger charge is 2.28. The molecule has 8 rings (SSSR count). The van der Waals surface area contributed by atoms with Crippen molar-refractivity contribution in [3.05, 3.63) is 111 Å². The SMILES string of the molecule is COc1ccc(C(=O)N2CCC(CN3CCC(c4ccc(Nc5ncc6c(=O)n(-c7c(Cl)cccc7Cl)c7nccn7c6n5)cc4)CC3)CC2)cc1N(C)CCC(=O)NC=O. The van der Waals surface area contributed by atoms with Gasteiger partial charge in [-0.15, -0.1) is 0 Å². The number of ether oxygens (including phenoxy) is 1. The van der Waals surface area contributed by atoms with Gasteiger partial charge in [0.05, 0.1) is 28.5 Å². The number of hydrogen-bond donors (Lipinski definition) is 2. The number of amides is 3. The molecule has 0 spiro atoms. The second-order valence-corrected chi connectivity index (χ2v) is 16.4. The number of aromatic nitrogens is 5. The zero-order valence-corrected chi connectivity index (χ0v) is 35.4. The van der Waals surface area contributed by atoms with Gasteiger partial charge in [-0.2, -0.15) is 4.98 Å². The second kappa shape index (κ2) is 18.3. The smallest absolute Gasteiger partial charge is 0.270 e. The first-order chi connectivity index (χ1) is 29.6. The summed E-state index contributed by atoms with van der Waals surface area (Å²) in [6.07, 6.45) is 9.40. The van der Waals surface area contributed by atoms with E-state index in [4.69, 9.17) is 32.9 Å². The van der Waals surface area contributed by atoms with Crippen LogP contribution in [0.2, 0.25) is 10.0 Å². The van der Waals surface area contributed by atoms with Gasteiger partial charge in [0.1, 0.15) is 11.1 Å². The minimum absolute atomic E-state index is 0.0102. The number of rotatable bonds is 13. The Morgan fingerprint density at radius 3 is 2.41 bits per heavy atom. The summed E-state index contributed by atoms with van der Waals surface area (Å²) in [7, 11) is 3.40. The molecule has 6 aromatic rings. The van der Waals surface area contributed by atoms with Crippen molar-refractivity contribution in [1.29, 1.82) is 0 Å². The molecule has 2 N–H and O–H groups in total. The monoisotopic (exact) mass is 864 g/mol. The van der Waals surface area contributed by atoms with Crippen LogP contribution in [-0.4, -0.2) is 105 Å². The molecule has 2 aliphatic heterocycles. The maximum Gasteiger partial charge on any atom is 0.270 e. The molecule has 3 amide bonds. The molecule has 0 unspecified atom stereocenters. The fraction of sp³-hybridized carbons (Fsp3) is 0.341. The minimum atomic E-state index is -0.381. The van der Waals surface area contributed by atoms with E-state index in [9.17, 15) is 19.2 Å². The van der Waals surface area contributed by atoms with Crippen LogP contribution in [0.25, 0.3) is 22.5 Å². The highest BCUT2D eigenvalue weighted by molar-refractivity contribution is 6.37. The number of likely N-dealkylation sites (tertiary alicyclic amines) is 2. The number of nitrogens with zero attached hydrogens (tertiary/aromatic N) is 8. The minimum Gasteiger partial charge on any atom is -0.495 e. The zero-order chi connectivity index (χ0) is 42.6. The van der Waals surface area contributed by atoms with Crippen LogP contribution in [0.15, 0.2) is 84.0 Å². The molecule has 2 fully saturated rings. The van der Waals surface area contributed by atoms with E-state index in [1.165, 1.54) is 16.3 Å². The molecule has 0 bridgehead atoms. The standard InChI is InChI=1S/C44H46Cl2N10O5/c1-52(18-16-38(58)49-27-57)36-24-31(8-11-37(36)61-2)41(59)54-21-12-28(13-22-54)26-53-19-14-30(15-20-53)29-6-9-32(10-7-29)50-43-48-25-33-40(51-43)55-23-17-47-44(55)56(42(33)60)39-34(45)4-3-5-35(39)46/h3-11,17,23-25,27-28,30H,12-16,18-22,26H2,1-2H3,(H,48,50,51)(H,49,57,58). The Kier molecular flexibility index (Phi) is 12.5. The predicted molar refractivity (Wildman–Crippen MR) is 236 cm³/mol. The summed E-state index contributed by atoms with van der Waals surface area (Å²) in [5.74, 6) is 1.90. The number of methoxy groups -OCH3 is 1. The molecule has 316 valence electrons. The lowest BCUT2D eigenvalue weighted by molar-refractivity contribution is -0.125. The number of benzene rings is 3. The lowest BCUT2D eigenvalue weighted by Gasteiger charge is -2.38. The number of carbonyl (C=O) groups is 3. The van der Waals surface area contributed by atoms with E-state index in [-0.39, 0.29) is 29.2 Å². The molecule has 15 nitrogen and oxygen atoms in total. The van der Waals surface area contributed by atoms with Gasteiger partial charge in [-0.3, -0.25) is 28.9 Å². The topological polar surface area (TPSA) is 159 Å². The number of imide groups is 1. The molecule has 3 aromatic carbocycles. The van der Waals surface area contributed by atoms with E-state index in [1.54, 1.807) is 54.2 Å². The molecule has 3 aromatic heterocycles. The number of piperidine rings is 2. The molecular weight excluding hydrogens is 819 g/mol. The van der Waals surface area contributed by atoms with Gasteiger partial charge < -0.3 is 24.8 Å².